The minimum Gasteiger partial charge on any atom is -0.465 e. The lowest BCUT2D eigenvalue weighted by Gasteiger charge is -2.22. The van der Waals surface area contributed by atoms with E-state index in [0.717, 1.165) is 12.8 Å². The van der Waals surface area contributed by atoms with Crippen molar-refractivity contribution in [2.45, 2.75) is 25.8 Å². The first kappa shape index (κ1) is 14.7. The van der Waals surface area contributed by atoms with E-state index in [-0.39, 0.29) is 18.5 Å². The predicted molar refractivity (Wildman–Crippen MR) is 76.6 cm³/mol. The highest BCUT2D eigenvalue weighted by atomic mass is 35.5. The number of ether oxygens (including phenoxy) is 1. The lowest BCUT2D eigenvalue weighted by atomic mass is 10.1. The van der Waals surface area contributed by atoms with Crippen LogP contribution in [-0.4, -0.2) is 36.0 Å². The van der Waals surface area contributed by atoms with Gasteiger partial charge in [-0.25, -0.2) is 0 Å². The molecule has 0 unspecified atom stereocenters. The first-order valence-corrected chi connectivity index (χ1v) is 6.92. The number of hydrogen-bond acceptors (Lipinski definition) is 4. The molecule has 20 heavy (non-hydrogen) atoms. The molecule has 0 spiro atoms. The Kier molecular flexibility index (Phi) is 4.49. The van der Waals surface area contributed by atoms with Crippen LogP contribution < -0.4 is 5.73 Å². The molecule has 2 rings (SSSR count). The quantitative estimate of drug-likeness (QED) is 0.667. The summed E-state index contributed by atoms with van der Waals surface area (Å²) in [6.45, 7) is 1.98. The van der Waals surface area contributed by atoms with E-state index in [4.69, 9.17) is 22.1 Å². The maximum Gasteiger partial charge on any atom is 0.325 e. The molecule has 1 aliphatic rings. The first-order valence-electron chi connectivity index (χ1n) is 6.54. The molecule has 0 aliphatic heterocycles. The van der Waals surface area contributed by atoms with Gasteiger partial charge in [0.25, 0.3) is 5.91 Å². The molecule has 5 nitrogen and oxygen atoms in total. The van der Waals surface area contributed by atoms with E-state index in [1.54, 1.807) is 19.1 Å². The van der Waals surface area contributed by atoms with Crippen LogP contribution in [0.15, 0.2) is 18.2 Å². The van der Waals surface area contributed by atoms with Gasteiger partial charge in [-0.15, -0.1) is 0 Å². The largest absolute Gasteiger partial charge is 0.465 e. The summed E-state index contributed by atoms with van der Waals surface area (Å²) in [5.41, 5.74) is 6.47. The number of rotatable bonds is 5. The molecular weight excluding hydrogens is 280 g/mol. The number of nitrogens with zero attached hydrogens (tertiary/aromatic N) is 1. The van der Waals surface area contributed by atoms with E-state index >= 15 is 0 Å². The van der Waals surface area contributed by atoms with E-state index in [9.17, 15) is 9.59 Å². The van der Waals surface area contributed by atoms with Crippen molar-refractivity contribution in [1.29, 1.82) is 0 Å². The Bertz CT molecular complexity index is 529. The summed E-state index contributed by atoms with van der Waals surface area (Å²) in [6, 6.07) is 4.83. The van der Waals surface area contributed by atoms with Crippen LogP contribution in [0, 0.1) is 0 Å². The van der Waals surface area contributed by atoms with Gasteiger partial charge >= 0.3 is 5.97 Å². The van der Waals surface area contributed by atoms with Gasteiger partial charge in [0.05, 0.1) is 17.2 Å². The summed E-state index contributed by atoms with van der Waals surface area (Å²) in [5.74, 6) is -0.689. The summed E-state index contributed by atoms with van der Waals surface area (Å²) < 4.78 is 4.90. The summed E-state index contributed by atoms with van der Waals surface area (Å²) in [7, 11) is 0. The lowest BCUT2D eigenvalue weighted by molar-refractivity contribution is -0.144. The van der Waals surface area contributed by atoms with Gasteiger partial charge < -0.3 is 15.4 Å². The number of esters is 1. The summed E-state index contributed by atoms with van der Waals surface area (Å²) in [5, 5.41) is 0.332. The Morgan fingerprint density at radius 2 is 2.15 bits per heavy atom. The summed E-state index contributed by atoms with van der Waals surface area (Å²) >= 11 is 6.04. The van der Waals surface area contributed by atoms with Crippen molar-refractivity contribution in [2.24, 2.45) is 0 Å². The van der Waals surface area contributed by atoms with Crippen molar-refractivity contribution in [3.63, 3.8) is 0 Å². The molecule has 108 valence electrons. The van der Waals surface area contributed by atoms with Crippen molar-refractivity contribution in [3.05, 3.63) is 28.8 Å². The van der Waals surface area contributed by atoms with E-state index in [1.165, 1.54) is 11.0 Å². The summed E-state index contributed by atoms with van der Waals surface area (Å²) in [4.78, 5) is 25.6. The van der Waals surface area contributed by atoms with E-state index < -0.39 is 5.97 Å². The van der Waals surface area contributed by atoms with Gasteiger partial charge in [0.2, 0.25) is 0 Å². The van der Waals surface area contributed by atoms with Crippen molar-refractivity contribution >= 4 is 29.2 Å². The standard InChI is InChI=1S/C14H17ClN2O3/c1-2-20-13(18)8-17(10-4-5-10)14(19)11-7-9(16)3-6-12(11)15/h3,6-7,10H,2,4-5,8,16H2,1H3. The highest BCUT2D eigenvalue weighted by Gasteiger charge is 2.35. The highest BCUT2D eigenvalue weighted by Crippen LogP contribution is 2.30. The second-order valence-corrected chi connectivity index (χ2v) is 5.12. The Morgan fingerprint density at radius 1 is 1.45 bits per heavy atom. The van der Waals surface area contributed by atoms with Crippen LogP contribution in [0.5, 0.6) is 0 Å². The Hall–Kier alpha value is -1.75. The topological polar surface area (TPSA) is 72.6 Å². The maximum atomic E-state index is 12.5. The fourth-order valence-electron chi connectivity index (χ4n) is 1.96. The van der Waals surface area contributed by atoms with Gasteiger partial charge in [0.15, 0.2) is 0 Å². The zero-order valence-electron chi connectivity index (χ0n) is 11.3. The SMILES string of the molecule is CCOC(=O)CN(C(=O)c1cc(N)ccc1Cl)C1CC1. The average Bonchev–Trinajstić information content (AvgIpc) is 3.23. The molecule has 1 amide bonds. The molecule has 2 N–H and O–H groups in total. The third-order valence-electron chi connectivity index (χ3n) is 3.07. The molecule has 0 atom stereocenters. The molecule has 1 aliphatic carbocycles. The number of hydrogen-bond donors (Lipinski definition) is 1. The molecule has 6 heteroatoms. The van der Waals surface area contributed by atoms with Crippen LogP contribution in [0.1, 0.15) is 30.1 Å². The van der Waals surface area contributed by atoms with Gasteiger partial charge in [0, 0.05) is 11.7 Å². The third-order valence-corrected chi connectivity index (χ3v) is 3.40. The number of benzene rings is 1. The van der Waals surface area contributed by atoms with E-state index in [2.05, 4.69) is 0 Å². The predicted octanol–water partition coefficient (Wildman–Crippen LogP) is 2.09. The van der Waals surface area contributed by atoms with Crippen LogP contribution in [0.2, 0.25) is 5.02 Å². The number of nitrogens with two attached hydrogens (primary N) is 1. The number of nitrogen functional groups attached to an aromatic ring is 1. The van der Waals surface area contributed by atoms with Crippen LogP contribution in [0.4, 0.5) is 5.69 Å². The maximum absolute atomic E-state index is 12.5. The Labute approximate surface area is 122 Å². The van der Waals surface area contributed by atoms with Crippen LogP contribution in [-0.2, 0) is 9.53 Å². The van der Waals surface area contributed by atoms with E-state index in [1.807, 2.05) is 0 Å². The fraction of sp³-hybridized carbons (Fsp3) is 0.429. The van der Waals surface area contributed by atoms with Crippen LogP contribution in [0.3, 0.4) is 0 Å². The molecule has 0 heterocycles. The minimum absolute atomic E-state index is 0.0531. The first-order chi connectivity index (χ1) is 9.52. The van der Waals surface area contributed by atoms with Gasteiger partial charge in [-0.3, -0.25) is 9.59 Å². The number of amides is 1. The third kappa shape index (κ3) is 3.42. The number of carbonyl (C=O) groups excluding carboxylic acids is 2. The number of carbonyl (C=O) groups is 2. The smallest absolute Gasteiger partial charge is 0.325 e. The van der Waals surface area contributed by atoms with Crippen molar-refractivity contribution in [2.75, 3.05) is 18.9 Å². The zero-order valence-corrected chi connectivity index (χ0v) is 12.0. The molecule has 1 aromatic rings. The zero-order chi connectivity index (χ0) is 14.7. The van der Waals surface area contributed by atoms with Crippen molar-refractivity contribution in [3.8, 4) is 0 Å². The van der Waals surface area contributed by atoms with Gasteiger partial charge in [0.1, 0.15) is 6.54 Å². The van der Waals surface area contributed by atoms with Gasteiger partial charge in [-0.05, 0) is 38.0 Å². The Morgan fingerprint density at radius 3 is 2.75 bits per heavy atom. The normalized spacial score (nSPS) is 13.9. The molecule has 0 bridgehead atoms. The minimum atomic E-state index is -0.409. The molecule has 0 saturated heterocycles. The average molecular weight is 297 g/mol. The van der Waals surface area contributed by atoms with Crippen molar-refractivity contribution < 1.29 is 14.3 Å². The molecule has 0 aromatic heterocycles. The molecular formula is C14H17ClN2O3. The van der Waals surface area contributed by atoms with Gasteiger partial charge in [-0.1, -0.05) is 11.6 Å². The summed E-state index contributed by atoms with van der Waals surface area (Å²) in [6.07, 6.45) is 1.79. The number of anilines is 1. The molecule has 1 aromatic carbocycles. The van der Waals surface area contributed by atoms with E-state index in [0.29, 0.717) is 22.9 Å². The van der Waals surface area contributed by atoms with Gasteiger partial charge in [-0.2, -0.15) is 0 Å². The fourth-order valence-corrected chi connectivity index (χ4v) is 2.16. The van der Waals surface area contributed by atoms with Crippen molar-refractivity contribution in [1.82, 2.24) is 4.90 Å². The molecule has 0 radical (unpaired) electrons. The van der Waals surface area contributed by atoms with Crippen LogP contribution >= 0.6 is 11.6 Å². The second-order valence-electron chi connectivity index (χ2n) is 4.71. The molecule has 1 fully saturated rings. The second kappa shape index (κ2) is 6.13. The monoisotopic (exact) mass is 296 g/mol. The Balaban J connectivity index is 2.18. The van der Waals surface area contributed by atoms with Crippen LogP contribution in [0.25, 0.3) is 0 Å². The highest BCUT2D eigenvalue weighted by molar-refractivity contribution is 6.34. The number of halogens is 1. The molecule has 1 saturated carbocycles. The lowest BCUT2D eigenvalue weighted by Crippen LogP contribution is -2.38.